The van der Waals surface area contributed by atoms with E-state index in [1.807, 2.05) is 30.3 Å². The SMILES string of the molecule is O=C1CSC(c2cnccc2-c2ccc(Br)cc2)N1Cc1cc(F)ccc1F. The van der Waals surface area contributed by atoms with Crippen LogP contribution in [0.4, 0.5) is 8.78 Å². The van der Waals surface area contributed by atoms with Crippen molar-refractivity contribution in [3.63, 3.8) is 0 Å². The standard InChI is InChI=1S/C21H15BrF2N2OS/c22-15-3-1-13(2-4-15)17-7-8-25-10-18(17)21-26(20(27)12-28-21)11-14-9-16(23)5-6-19(14)24/h1-10,21H,11-12H2. The molecule has 3 aromatic rings. The minimum atomic E-state index is -0.524. The maximum Gasteiger partial charge on any atom is 0.234 e. The number of thioether (sulfide) groups is 1. The molecule has 4 rings (SSSR count). The quantitative estimate of drug-likeness (QED) is 0.510. The van der Waals surface area contributed by atoms with E-state index in [2.05, 4.69) is 20.9 Å². The van der Waals surface area contributed by atoms with Gasteiger partial charge in [-0.1, -0.05) is 28.1 Å². The van der Waals surface area contributed by atoms with Crippen LogP contribution in [0.15, 0.2) is 65.4 Å². The molecule has 2 heterocycles. The Labute approximate surface area is 173 Å². The maximum absolute atomic E-state index is 14.1. The van der Waals surface area contributed by atoms with Gasteiger partial charge in [-0.15, -0.1) is 11.8 Å². The number of nitrogens with zero attached hydrogens (tertiary/aromatic N) is 2. The minimum absolute atomic E-state index is 0.00870. The summed E-state index contributed by atoms with van der Waals surface area (Å²) in [6, 6.07) is 13.1. The second-order valence-corrected chi connectivity index (χ2v) is 8.37. The summed E-state index contributed by atoms with van der Waals surface area (Å²) in [4.78, 5) is 18.3. The van der Waals surface area contributed by atoms with Crippen LogP contribution in [-0.4, -0.2) is 21.5 Å². The summed E-state index contributed by atoms with van der Waals surface area (Å²) in [5.41, 5.74) is 2.99. The summed E-state index contributed by atoms with van der Waals surface area (Å²) in [6.07, 6.45) is 3.45. The number of aromatic nitrogens is 1. The van der Waals surface area contributed by atoms with E-state index in [1.165, 1.54) is 11.8 Å². The molecule has 1 saturated heterocycles. The molecule has 2 aromatic carbocycles. The first-order valence-electron chi connectivity index (χ1n) is 8.58. The average Bonchev–Trinajstić information content (AvgIpc) is 3.06. The molecule has 0 spiro atoms. The van der Waals surface area contributed by atoms with Crippen LogP contribution in [-0.2, 0) is 11.3 Å². The van der Waals surface area contributed by atoms with Gasteiger partial charge in [-0.3, -0.25) is 9.78 Å². The summed E-state index contributed by atoms with van der Waals surface area (Å²) in [5, 5.41) is -0.317. The van der Waals surface area contributed by atoms with Crippen LogP contribution in [0, 0.1) is 11.6 Å². The van der Waals surface area contributed by atoms with Crippen molar-refractivity contribution in [2.45, 2.75) is 11.9 Å². The first-order chi connectivity index (χ1) is 13.5. The van der Waals surface area contributed by atoms with Crippen LogP contribution in [0.5, 0.6) is 0 Å². The lowest BCUT2D eigenvalue weighted by Crippen LogP contribution is -2.28. The van der Waals surface area contributed by atoms with Gasteiger partial charge in [-0.25, -0.2) is 8.78 Å². The van der Waals surface area contributed by atoms with Gasteiger partial charge in [-0.05, 0) is 47.5 Å². The number of carbonyl (C=O) groups excluding carboxylic acids is 1. The van der Waals surface area contributed by atoms with Crippen molar-refractivity contribution < 1.29 is 13.6 Å². The third-order valence-electron chi connectivity index (χ3n) is 4.59. The monoisotopic (exact) mass is 460 g/mol. The summed E-state index contributed by atoms with van der Waals surface area (Å²) >= 11 is 4.90. The van der Waals surface area contributed by atoms with E-state index in [4.69, 9.17) is 0 Å². The van der Waals surface area contributed by atoms with E-state index < -0.39 is 11.6 Å². The molecule has 1 unspecified atom stereocenters. The van der Waals surface area contributed by atoms with Gasteiger partial charge in [-0.2, -0.15) is 0 Å². The van der Waals surface area contributed by atoms with Crippen LogP contribution >= 0.6 is 27.7 Å². The normalized spacial score (nSPS) is 16.6. The van der Waals surface area contributed by atoms with Crippen LogP contribution in [0.25, 0.3) is 11.1 Å². The molecule has 7 heteroatoms. The topological polar surface area (TPSA) is 33.2 Å². The Morgan fingerprint density at radius 3 is 2.71 bits per heavy atom. The molecule has 28 heavy (non-hydrogen) atoms. The highest BCUT2D eigenvalue weighted by Gasteiger charge is 2.35. The lowest BCUT2D eigenvalue weighted by molar-refractivity contribution is -0.128. The number of hydrogen-bond acceptors (Lipinski definition) is 3. The summed E-state index contributed by atoms with van der Waals surface area (Å²) in [6.45, 7) is 0.00870. The molecular weight excluding hydrogens is 446 g/mol. The molecule has 0 N–H and O–H groups in total. The van der Waals surface area contributed by atoms with Crippen LogP contribution < -0.4 is 0 Å². The van der Waals surface area contributed by atoms with Crippen molar-refractivity contribution >= 4 is 33.6 Å². The van der Waals surface area contributed by atoms with Gasteiger partial charge < -0.3 is 4.90 Å². The molecule has 1 fully saturated rings. The molecule has 1 atom stereocenters. The third kappa shape index (κ3) is 3.82. The average molecular weight is 461 g/mol. The Bertz CT molecular complexity index is 1030. The predicted molar refractivity (Wildman–Crippen MR) is 109 cm³/mol. The first kappa shape index (κ1) is 19.1. The third-order valence-corrected chi connectivity index (χ3v) is 6.36. The smallest absolute Gasteiger partial charge is 0.234 e. The molecule has 1 aliphatic rings. The van der Waals surface area contributed by atoms with Gasteiger partial charge in [0.2, 0.25) is 5.91 Å². The van der Waals surface area contributed by atoms with E-state index in [0.717, 1.165) is 39.4 Å². The van der Waals surface area contributed by atoms with Gasteiger partial charge in [0, 0.05) is 28.0 Å². The first-order valence-corrected chi connectivity index (χ1v) is 10.4. The predicted octanol–water partition coefficient (Wildman–Crippen LogP) is 5.56. The number of halogens is 3. The van der Waals surface area contributed by atoms with Gasteiger partial charge >= 0.3 is 0 Å². The largest absolute Gasteiger partial charge is 0.321 e. The van der Waals surface area contributed by atoms with E-state index in [-0.39, 0.29) is 29.1 Å². The lowest BCUT2D eigenvalue weighted by Gasteiger charge is -2.26. The molecule has 1 aliphatic heterocycles. The Balaban J connectivity index is 1.71. The van der Waals surface area contributed by atoms with Gasteiger partial charge in [0.1, 0.15) is 17.0 Å². The van der Waals surface area contributed by atoms with Crippen molar-refractivity contribution in [3.8, 4) is 11.1 Å². The fraction of sp³-hybridized carbons (Fsp3) is 0.143. The van der Waals surface area contributed by atoms with Crippen molar-refractivity contribution in [1.82, 2.24) is 9.88 Å². The Morgan fingerprint density at radius 1 is 1.14 bits per heavy atom. The lowest BCUT2D eigenvalue weighted by atomic mass is 10.0. The zero-order chi connectivity index (χ0) is 19.7. The number of hydrogen-bond donors (Lipinski definition) is 0. The number of benzene rings is 2. The highest BCUT2D eigenvalue weighted by molar-refractivity contribution is 9.10. The van der Waals surface area contributed by atoms with Crippen molar-refractivity contribution in [2.24, 2.45) is 0 Å². The van der Waals surface area contributed by atoms with Crippen LogP contribution in [0.1, 0.15) is 16.5 Å². The molecule has 0 bridgehead atoms. The number of rotatable bonds is 4. The van der Waals surface area contributed by atoms with Gasteiger partial charge in [0.05, 0.1) is 12.3 Å². The molecule has 0 aliphatic carbocycles. The fourth-order valence-corrected chi connectivity index (χ4v) is 4.70. The van der Waals surface area contributed by atoms with Crippen molar-refractivity contribution in [2.75, 3.05) is 5.75 Å². The summed E-state index contributed by atoms with van der Waals surface area (Å²) in [7, 11) is 0. The van der Waals surface area contributed by atoms with E-state index in [9.17, 15) is 13.6 Å². The molecule has 1 amide bonds. The molecule has 0 saturated carbocycles. The second-order valence-electron chi connectivity index (χ2n) is 6.39. The maximum atomic E-state index is 14.1. The number of carbonyl (C=O) groups is 1. The molecule has 142 valence electrons. The fourth-order valence-electron chi connectivity index (χ4n) is 3.23. The Morgan fingerprint density at radius 2 is 1.93 bits per heavy atom. The van der Waals surface area contributed by atoms with Crippen molar-refractivity contribution in [1.29, 1.82) is 0 Å². The Kier molecular flexibility index (Phi) is 5.46. The zero-order valence-corrected chi connectivity index (χ0v) is 17.0. The van der Waals surface area contributed by atoms with Crippen LogP contribution in [0.3, 0.4) is 0 Å². The van der Waals surface area contributed by atoms with Crippen molar-refractivity contribution in [3.05, 3.63) is 88.2 Å². The molecule has 0 radical (unpaired) electrons. The van der Waals surface area contributed by atoms with Gasteiger partial charge in [0.25, 0.3) is 0 Å². The summed E-state index contributed by atoms with van der Waals surface area (Å²) < 4.78 is 28.7. The highest BCUT2D eigenvalue weighted by atomic mass is 79.9. The molecule has 1 aromatic heterocycles. The number of amides is 1. The minimum Gasteiger partial charge on any atom is -0.321 e. The van der Waals surface area contributed by atoms with E-state index in [1.54, 1.807) is 17.3 Å². The van der Waals surface area contributed by atoms with Crippen LogP contribution in [0.2, 0.25) is 0 Å². The van der Waals surface area contributed by atoms with E-state index >= 15 is 0 Å². The zero-order valence-electron chi connectivity index (χ0n) is 14.6. The molecule has 3 nitrogen and oxygen atoms in total. The Hall–Kier alpha value is -2.25. The summed E-state index contributed by atoms with van der Waals surface area (Å²) in [5.74, 6) is -0.867. The van der Waals surface area contributed by atoms with Gasteiger partial charge in [0.15, 0.2) is 0 Å². The molecular formula is C21H15BrF2N2OS. The highest BCUT2D eigenvalue weighted by Crippen LogP contribution is 2.43. The second kappa shape index (κ2) is 8.01. The van der Waals surface area contributed by atoms with E-state index in [0.29, 0.717) is 0 Å². The number of pyridine rings is 1.